The minimum atomic E-state index is -0.422. The highest BCUT2D eigenvalue weighted by molar-refractivity contribution is 6.10. The van der Waals surface area contributed by atoms with E-state index in [9.17, 15) is 4.79 Å². The molecule has 3 aromatic rings. The highest BCUT2D eigenvalue weighted by Crippen LogP contribution is 2.11. The van der Waals surface area contributed by atoms with E-state index in [4.69, 9.17) is 14.3 Å². The summed E-state index contributed by atoms with van der Waals surface area (Å²) in [6, 6.07) is 14.7. The number of nitrogens with zero attached hydrogens (tertiary/aromatic N) is 6. The summed E-state index contributed by atoms with van der Waals surface area (Å²) in [6.45, 7) is 0.0980. The second-order valence-corrected chi connectivity index (χ2v) is 6.71. The maximum Gasteiger partial charge on any atom is 0.225 e. The minimum absolute atomic E-state index is 0.0980. The first-order chi connectivity index (χ1) is 15.6. The SMILES string of the molecule is COC(CCC(=O)Nc1cccc(CO/N=C(/c2ccccc2)c2nnnn2C)n1)OC. The summed E-state index contributed by atoms with van der Waals surface area (Å²) in [6.07, 6.45) is 0.259. The largest absolute Gasteiger partial charge is 0.389 e. The van der Waals surface area contributed by atoms with Crippen LogP contribution in [-0.4, -0.2) is 57.3 Å². The Morgan fingerprint density at radius 3 is 2.59 bits per heavy atom. The van der Waals surface area contributed by atoms with Crippen molar-refractivity contribution in [3.8, 4) is 0 Å². The van der Waals surface area contributed by atoms with Gasteiger partial charge in [0.25, 0.3) is 0 Å². The summed E-state index contributed by atoms with van der Waals surface area (Å²) < 4.78 is 11.7. The summed E-state index contributed by atoms with van der Waals surface area (Å²) >= 11 is 0. The summed E-state index contributed by atoms with van der Waals surface area (Å²) in [5.41, 5.74) is 1.90. The third-order valence-electron chi connectivity index (χ3n) is 4.45. The van der Waals surface area contributed by atoms with Gasteiger partial charge < -0.3 is 19.6 Å². The van der Waals surface area contributed by atoms with Crippen LogP contribution in [0.15, 0.2) is 53.7 Å². The zero-order chi connectivity index (χ0) is 22.8. The van der Waals surface area contributed by atoms with Crippen molar-refractivity contribution in [1.29, 1.82) is 0 Å². The van der Waals surface area contributed by atoms with Crippen molar-refractivity contribution in [3.63, 3.8) is 0 Å². The fourth-order valence-electron chi connectivity index (χ4n) is 2.83. The van der Waals surface area contributed by atoms with Crippen LogP contribution in [0.25, 0.3) is 0 Å². The number of amides is 1. The van der Waals surface area contributed by atoms with Gasteiger partial charge in [0, 0.05) is 39.7 Å². The number of aromatic nitrogens is 5. The van der Waals surface area contributed by atoms with Crippen molar-refractivity contribution in [2.45, 2.75) is 25.7 Å². The van der Waals surface area contributed by atoms with Gasteiger partial charge in [0.05, 0.1) is 5.69 Å². The van der Waals surface area contributed by atoms with Crippen LogP contribution < -0.4 is 5.32 Å². The highest BCUT2D eigenvalue weighted by Gasteiger charge is 2.15. The number of nitrogens with one attached hydrogen (secondary N) is 1. The summed E-state index contributed by atoms with van der Waals surface area (Å²) in [4.78, 5) is 22.1. The Morgan fingerprint density at radius 1 is 1.12 bits per heavy atom. The van der Waals surface area contributed by atoms with Crippen LogP contribution in [0, 0.1) is 0 Å². The second-order valence-electron chi connectivity index (χ2n) is 6.71. The van der Waals surface area contributed by atoms with Crippen molar-refractivity contribution < 1.29 is 19.1 Å². The van der Waals surface area contributed by atoms with Gasteiger partial charge in [0.15, 0.2) is 18.6 Å². The minimum Gasteiger partial charge on any atom is -0.389 e. The standard InChI is InChI=1S/C21H25N7O4/c1-28-21(24-26-27-28)20(15-8-5-4-6-9-15)25-32-14-16-10-7-11-17(22-16)23-18(29)12-13-19(30-2)31-3/h4-11,19H,12-14H2,1-3H3,(H,22,23,29)/b25-20-. The molecule has 0 aliphatic carbocycles. The van der Waals surface area contributed by atoms with Gasteiger partial charge in [-0.15, -0.1) is 5.10 Å². The molecular formula is C21H25N7O4. The molecule has 0 aliphatic rings. The van der Waals surface area contributed by atoms with Gasteiger partial charge in [-0.05, 0) is 22.6 Å². The van der Waals surface area contributed by atoms with E-state index in [0.29, 0.717) is 29.5 Å². The maximum atomic E-state index is 12.1. The number of oxime groups is 1. The quantitative estimate of drug-likeness (QED) is 0.273. The molecule has 2 aromatic heterocycles. The molecule has 1 aromatic carbocycles. The predicted molar refractivity (Wildman–Crippen MR) is 116 cm³/mol. The van der Waals surface area contributed by atoms with Crippen molar-refractivity contribution in [3.05, 3.63) is 65.6 Å². The molecule has 11 nitrogen and oxygen atoms in total. The predicted octanol–water partition coefficient (Wildman–Crippen LogP) is 1.91. The van der Waals surface area contributed by atoms with E-state index in [1.54, 1.807) is 25.2 Å². The number of hydrogen-bond donors (Lipinski definition) is 1. The number of carbonyl (C=O) groups is 1. The van der Waals surface area contributed by atoms with E-state index in [1.807, 2.05) is 30.3 Å². The molecule has 32 heavy (non-hydrogen) atoms. The molecule has 0 unspecified atom stereocenters. The van der Waals surface area contributed by atoms with Crippen molar-refractivity contribution in [2.24, 2.45) is 12.2 Å². The maximum absolute atomic E-state index is 12.1. The zero-order valence-electron chi connectivity index (χ0n) is 18.1. The van der Waals surface area contributed by atoms with Crippen LogP contribution in [0.5, 0.6) is 0 Å². The Hall–Kier alpha value is -3.70. The number of ether oxygens (including phenoxy) is 2. The number of pyridine rings is 1. The van der Waals surface area contributed by atoms with Gasteiger partial charge in [-0.3, -0.25) is 4.79 Å². The molecule has 2 heterocycles. The molecule has 1 amide bonds. The first kappa shape index (κ1) is 23.0. The normalized spacial score (nSPS) is 11.6. The third-order valence-corrected chi connectivity index (χ3v) is 4.45. The molecule has 0 aliphatic heterocycles. The van der Waals surface area contributed by atoms with E-state index in [2.05, 4.69) is 31.0 Å². The molecule has 0 saturated heterocycles. The molecule has 168 valence electrons. The van der Waals surface area contributed by atoms with Crippen LogP contribution in [0.2, 0.25) is 0 Å². The van der Waals surface area contributed by atoms with Crippen LogP contribution >= 0.6 is 0 Å². The van der Waals surface area contributed by atoms with Crippen molar-refractivity contribution in [1.82, 2.24) is 25.2 Å². The molecule has 0 radical (unpaired) electrons. The van der Waals surface area contributed by atoms with Gasteiger partial charge in [-0.1, -0.05) is 41.6 Å². The van der Waals surface area contributed by atoms with E-state index in [-0.39, 0.29) is 18.9 Å². The first-order valence-electron chi connectivity index (χ1n) is 9.90. The number of methoxy groups -OCH3 is 2. The van der Waals surface area contributed by atoms with Crippen LogP contribution in [-0.2, 0) is 32.8 Å². The molecule has 11 heteroatoms. The average molecular weight is 439 g/mol. The monoisotopic (exact) mass is 439 g/mol. The molecule has 0 bridgehead atoms. The molecule has 0 atom stereocenters. The lowest BCUT2D eigenvalue weighted by Crippen LogP contribution is -2.19. The van der Waals surface area contributed by atoms with E-state index >= 15 is 0 Å². The number of carbonyl (C=O) groups excluding carboxylic acids is 1. The summed E-state index contributed by atoms with van der Waals surface area (Å²) in [7, 11) is 4.79. The van der Waals surface area contributed by atoms with Gasteiger partial charge in [-0.2, -0.15) is 0 Å². The lowest BCUT2D eigenvalue weighted by Gasteiger charge is -2.12. The fourth-order valence-corrected chi connectivity index (χ4v) is 2.83. The highest BCUT2D eigenvalue weighted by atomic mass is 16.7. The Balaban J connectivity index is 1.64. The lowest BCUT2D eigenvalue weighted by molar-refractivity contribution is -0.124. The van der Waals surface area contributed by atoms with Gasteiger partial charge in [0.1, 0.15) is 5.82 Å². The van der Waals surface area contributed by atoms with E-state index < -0.39 is 6.29 Å². The number of benzene rings is 1. The zero-order valence-corrected chi connectivity index (χ0v) is 18.1. The number of hydrogen-bond acceptors (Lipinski definition) is 9. The van der Waals surface area contributed by atoms with Crippen LogP contribution in [0.1, 0.15) is 29.9 Å². The Kier molecular flexibility index (Phi) is 8.35. The van der Waals surface area contributed by atoms with Gasteiger partial charge >= 0.3 is 0 Å². The molecule has 0 spiro atoms. The summed E-state index contributed by atoms with van der Waals surface area (Å²) in [5.74, 6) is 0.705. The fraction of sp³-hybridized carbons (Fsp3) is 0.333. The Labute approximate surface area is 185 Å². The third kappa shape index (κ3) is 6.40. The smallest absolute Gasteiger partial charge is 0.225 e. The molecule has 0 fully saturated rings. The van der Waals surface area contributed by atoms with Crippen molar-refractivity contribution >= 4 is 17.4 Å². The van der Waals surface area contributed by atoms with Crippen molar-refractivity contribution in [2.75, 3.05) is 19.5 Å². The Bertz CT molecular complexity index is 1040. The van der Waals surface area contributed by atoms with Gasteiger partial charge in [-0.25, -0.2) is 9.67 Å². The number of aryl methyl sites for hydroxylation is 1. The number of rotatable bonds is 11. The van der Waals surface area contributed by atoms with Gasteiger partial charge in [0.2, 0.25) is 11.7 Å². The first-order valence-corrected chi connectivity index (χ1v) is 9.90. The van der Waals surface area contributed by atoms with Crippen LogP contribution in [0.3, 0.4) is 0 Å². The van der Waals surface area contributed by atoms with Crippen LogP contribution in [0.4, 0.5) is 5.82 Å². The topological polar surface area (TPSA) is 126 Å². The molecule has 3 rings (SSSR count). The van der Waals surface area contributed by atoms with E-state index in [1.165, 1.54) is 18.9 Å². The average Bonchev–Trinajstić information content (AvgIpc) is 3.23. The Morgan fingerprint density at radius 2 is 1.91 bits per heavy atom. The molecule has 1 N–H and O–H groups in total. The number of anilines is 1. The lowest BCUT2D eigenvalue weighted by atomic mass is 10.1. The molecular weight excluding hydrogens is 414 g/mol. The second kappa shape index (κ2) is 11.6. The molecule has 0 saturated carbocycles. The number of tetrazole rings is 1. The van der Waals surface area contributed by atoms with E-state index in [0.717, 1.165) is 5.56 Å². The summed E-state index contributed by atoms with van der Waals surface area (Å²) in [5, 5.41) is 18.5.